The highest BCUT2D eigenvalue weighted by molar-refractivity contribution is 7.10. The zero-order valence-corrected chi connectivity index (χ0v) is 14.8. The lowest BCUT2D eigenvalue weighted by molar-refractivity contribution is 0.316. The van der Waals surface area contributed by atoms with Crippen molar-refractivity contribution in [3.8, 4) is 11.4 Å². The van der Waals surface area contributed by atoms with Gasteiger partial charge in [-0.1, -0.05) is 30.3 Å². The van der Waals surface area contributed by atoms with Crippen molar-refractivity contribution in [3.05, 3.63) is 58.0 Å². The lowest BCUT2D eigenvalue weighted by Crippen LogP contribution is -2.23. The third kappa shape index (κ3) is 3.14. The van der Waals surface area contributed by atoms with E-state index in [2.05, 4.69) is 68.5 Å². The maximum absolute atomic E-state index is 4.49. The Balaban J connectivity index is 1.46. The number of nitrogens with zero attached hydrogens (tertiary/aromatic N) is 4. The predicted octanol–water partition coefficient (Wildman–Crippen LogP) is 3.63. The van der Waals surface area contributed by atoms with Crippen LogP contribution in [0, 0.1) is 0 Å². The van der Waals surface area contributed by atoms with E-state index in [0.717, 1.165) is 44.1 Å². The van der Waals surface area contributed by atoms with Crippen LogP contribution in [0.2, 0.25) is 0 Å². The van der Waals surface area contributed by atoms with E-state index in [4.69, 9.17) is 0 Å². The first-order valence-corrected chi connectivity index (χ1v) is 9.40. The highest BCUT2D eigenvalue weighted by Crippen LogP contribution is 2.31. The zero-order valence-electron chi connectivity index (χ0n) is 14.0. The molecular weight excluding hydrogens is 316 g/mol. The molecule has 124 valence electrons. The summed E-state index contributed by atoms with van der Waals surface area (Å²) in [5.74, 6) is 2.13. The summed E-state index contributed by atoms with van der Waals surface area (Å²) < 4.78 is 2.32. The number of likely N-dealkylation sites (N-methyl/N-ethyl adjacent to an activating group) is 1. The van der Waals surface area contributed by atoms with Crippen molar-refractivity contribution < 1.29 is 0 Å². The van der Waals surface area contributed by atoms with Gasteiger partial charge in [0.15, 0.2) is 5.82 Å². The molecule has 0 fully saturated rings. The molecule has 0 bridgehead atoms. The summed E-state index contributed by atoms with van der Waals surface area (Å²) in [6.07, 6.45) is 3.38. The van der Waals surface area contributed by atoms with Gasteiger partial charge in [-0.05, 0) is 43.3 Å². The lowest BCUT2D eigenvalue weighted by atomic mass is 10.1. The second-order valence-corrected chi connectivity index (χ2v) is 7.43. The molecule has 0 spiro atoms. The van der Waals surface area contributed by atoms with E-state index in [1.165, 1.54) is 22.4 Å². The minimum atomic E-state index is 0.847. The number of hydrogen-bond acceptors (Lipinski definition) is 4. The topological polar surface area (TPSA) is 34.0 Å². The first kappa shape index (κ1) is 15.5. The Morgan fingerprint density at radius 2 is 2.04 bits per heavy atom. The normalized spacial score (nSPS) is 13.6. The van der Waals surface area contributed by atoms with Crippen LogP contribution in [0.5, 0.6) is 0 Å². The van der Waals surface area contributed by atoms with Crippen molar-refractivity contribution in [3.63, 3.8) is 0 Å². The van der Waals surface area contributed by atoms with Crippen LogP contribution in [-0.2, 0) is 25.9 Å². The van der Waals surface area contributed by atoms with Gasteiger partial charge >= 0.3 is 0 Å². The first-order valence-electron chi connectivity index (χ1n) is 8.52. The van der Waals surface area contributed by atoms with Gasteiger partial charge in [-0.15, -0.1) is 21.5 Å². The first-order chi connectivity index (χ1) is 11.8. The van der Waals surface area contributed by atoms with Gasteiger partial charge in [0.2, 0.25) is 0 Å². The summed E-state index contributed by atoms with van der Waals surface area (Å²) in [5, 5.41) is 11.2. The van der Waals surface area contributed by atoms with Crippen LogP contribution < -0.4 is 0 Å². The molecule has 3 aromatic rings. The second-order valence-electron chi connectivity index (χ2n) is 6.43. The second kappa shape index (κ2) is 6.87. The molecule has 1 aliphatic rings. The van der Waals surface area contributed by atoms with Gasteiger partial charge in [-0.3, -0.25) is 4.90 Å². The van der Waals surface area contributed by atoms with E-state index < -0.39 is 0 Å². The maximum atomic E-state index is 4.49. The minimum absolute atomic E-state index is 0.847. The Morgan fingerprint density at radius 3 is 2.92 bits per heavy atom. The van der Waals surface area contributed by atoms with Gasteiger partial charge in [0.1, 0.15) is 5.82 Å². The maximum Gasteiger partial charge on any atom is 0.165 e. The minimum Gasteiger partial charge on any atom is -0.310 e. The van der Waals surface area contributed by atoms with Crippen molar-refractivity contribution in [2.75, 3.05) is 13.6 Å². The smallest absolute Gasteiger partial charge is 0.165 e. The van der Waals surface area contributed by atoms with Crippen LogP contribution in [0.4, 0.5) is 0 Å². The number of thiophene rings is 1. The van der Waals surface area contributed by atoms with Crippen LogP contribution >= 0.6 is 11.3 Å². The van der Waals surface area contributed by atoms with Crippen molar-refractivity contribution in [2.24, 2.45) is 0 Å². The summed E-state index contributed by atoms with van der Waals surface area (Å²) in [6, 6.07) is 12.8. The van der Waals surface area contributed by atoms with Crippen LogP contribution in [-0.4, -0.2) is 33.3 Å². The Kier molecular flexibility index (Phi) is 4.45. The molecule has 0 saturated carbocycles. The van der Waals surface area contributed by atoms with E-state index in [0.29, 0.717) is 0 Å². The summed E-state index contributed by atoms with van der Waals surface area (Å²) >= 11 is 1.84. The molecule has 0 unspecified atom stereocenters. The molecule has 5 heteroatoms. The van der Waals surface area contributed by atoms with Crippen LogP contribution in [0.1, 0.15) is 22.7 Å². The van der Waals surface area contributed by atoms with Crippen molar-refractivity contribution >= 4 is 11.3 Å². The Labute approximate surface area is 146 Å². The van der Waals surface area contributed by atoms with Gasteiger partial charge in [-0.2, -0.15) is 0 Å². The van der Waals surface area contributed by atoms with Gasteiger partial charge in [0, 0.05) is 23.5 Å². The molecule has 2 aromatic heterocycles. The molecule has 3 heterocycles. The number of aryl methyl sites for hydroxylation is 1. The molecule has 4 rings (SSSR count). The van der Waals surface area contributed by atoms with Crippen LogP contribution in [0.25, 0.3) is 11.4 Å². The molecule has 4 nitrogen and oxygen atoms in total. The highest BCUT2D eigenvalue weighted by Gasteiger charge is 2.21. The molecule has 24 heavy (non-hydrogen) atoms. The summed E-state index contributed by atoms with van der Waals surface area (Å²) in [7, 11) is 2.16. The summed E-state index contributed by atoms with van der Waals surface area (Å²) in [4.78, 5) is 3.79. The SMILES string of the molecule is CN(CCc1ccccc1)Cc1nnc2n1CCCc1sccc1-2. The Hall–Kier alpha value is -1.98. The third-order valence-electron chi connectivity index (χ3n) is 4.64. The quantitative estimate of drug-likeness (QED) is 0.712. The van der Waals surface area contributed by atoms with Crippen molar-refractivity contribution in [1.82, 2.24) is 19.7 Å². The van der Waals surface area contributed by atoms with Crippen molar-refractivity contribution in [1.29, 1.82) is 0 Å². The largest absolute Gasteiger partial charge is 0.310 e. The van der Waals surface area contributed by atoms with Gasteiger partial charge < -0.3 is 4.57 Å². The van der Waals surface area contributed by atoms with E-state index in [9.17, 15) is 0 Å². The standard InChI is InChI=1S/C19H22N4S/c1-22(12-9-15-6-3-2-4-7-15)14-18-20-21-19-16-10-13-24-17(16)8-5-11-23(18)19/h2-4,6-7,10,13H,5,8-9,11-12,14H2,1H3. The molecule has 0 atom stereocenters. The number of aromatic nitrogens is 3. The number of benzene rings is 1. The van der Waals surface area contributed by atoms with E-state index >= 15 is 0 Å². The monoisotopic (exact) mass is 338 g/mol. The van der Waals surface area contributed by atoms with Gasteiger partial charge in [0.05, 0.1) is 6.54 Å². The number of rotatable bonds is 5. The zero-order chi connectivity index (χ0) is 16.4. The molecule has 0 amide bonds. The Bertz CT molecular complexity index is 806. The van der Waals surface area contributed by atoms with E-state index in [1.54, 1.807) is 0 Å². The molecule has 1 aliphatic heterocycles. The van der Waals surface area contributed by atoms with Crippen molar-refractivity contribution in [2.45, 2.75) is 32.4 Å². The molecule has 0 N–H and O–H groups in total. The molecule has 0 radical (unpaired) electrons. The Morgan fingerprint density at radius 1 is 1.17 bits per heavy atom. The summed E-state index contributed by atoms with van der Waals surface area (Å²) in [6.45, 7) is 2.89. The molecule has 1 aromatic carbocycles. The predicted molar refractivity (Wildman–Crippen MR) is 98.1 cm³/mol. The molecular formula is C19H22N4S. The third-order valence-corrected chi connectivity index (χ3v) is 5.62. The summed E-state index contributed by atoms with van der Waals surface area (Å²) in [5.41, 5.74) is 2.66. The van der Waals surface area contributed by atoms with Crippen LogP contribution in [0.15, 0.2) is 41.8 Å². The van der Waals surface area contributed by atoms with Gasteiger partial charge in [0.25, 0.3) is 0 Å². The average molecular weight is 338 g/mol. The fourth-order valence-electron chi connectivity index (χ4n) is 3.30. The van der Waals surface area contributed by atoms with E-state index in [1.807, 2.05) is 11.3 Å². The van der Waals surface area contributed by atoms with Gasteiger partial charge in [-0.25, -0.2) is 0 Å². The fraction of sp³-hybridized carbons (Fsp3) is 0.368. The number of fused-ring (bicyclic) bond motifs is 3. The fourth-order valence-corrected chi connectivity index (χ4v) is 4.22. The molecule has 0 aliphatic carbocycles. The molecule has 0 saturated heterocycles. The highest BCUT2D eigenvalue weighted by atomic mass is 32.1. The number of hydrogen-bond donors (Lipinski definition) is 0. The van der Waals surface area contributed by atoms with E-state index in [-0.39, 0.29) is 0 Å². The average Bonchev–Trinajstić information content (AvgIpc) is 3.18. The lowest BCUT2D eigenvalue weighted by Gasteiger charge is -2.17. The van der Waals surface area contributed by atoms with Crippen LogP contribution in [0.3, 0.4) is 0 Å².